The zero-order valence-electron chi connectivity index (χ0n) is 10.7. The van der Waals surface area contributed by atoms with Gasteiger partial charge in [-0.25, -0.2) is 4.79 Å². The Balaban J connectivity index is 3.09. The molecule has 0 heterocycles. The van der Waals surface area contributed by atoms with Crippen LogP contribution in [0, 0.1) is 0 Å². The Labute approximate surface area is 112 Å². The standard InChI is InChI=1S/C13H17ClO4/c1-4-17-11-7-6-9(14)8-10(11)12(16-3)13(15)18-5-2/h6-8,12H,4-5H2,1-3H3. The molecule has 0 aliphatic carbocycles. The maximum Gasteiger partial charge on any atom is 0.340 e. The van der Waals surface area contributed by atoms with Crippen LogP contribution in [0.4, 0.5) is 0 Å². The summed E-state index contributed by atoms with van der Waals surface area (Å²) in [6.07, 6.45) is -0.829. The van der Waals surface area contributed by atoms with E-state index in [9.17, 15) is 4.79 Å². The number of carbonyl (C=O) groups excluding carboxylic acids is 1. The first kappa shape index (κ1) is 14.8. The van der Waals surface area contributed by atoms with E-state index in [1.807, 2.05) is 6.92 Å². The number of hydrogen-bond donors (Lipinski definition) is 0. The number of ether oxygens (including phenoxy) is 3. The van der Waals surface area contributed by atoms with E-state index < -0.39 is 12.1 Å². The third-order valence-corrected chi connectivity index (χ3v) is 2.53. The van der Waals surface area contributed by atoms with E-state index in [1.54, 1.807) is 25.1 Å². The van der Waals surface area contributed by atoms with E-state index in [0.717, 1.165) is 0 Å². The van der Waals surface area contributed by atoms with Crippen LogP contribution in [0.5, 0.6) is 5.75 Å². The summed E-state index contributed by atoms with van der Waals surface area (Å²) < 4.78 is 15.6. The molecule has 1 aromatic carbocycles. The molecule has 18 heavy (non-hydrogen) atoms. The fourth-order valence-electron chi connectivity index (χ4n) is 1.58. The molecule has 5 heteroatoms. The lowest BCUT2D eigenvalue weighted by atomic mass is 10.1. The van der Waals surface area contributed by atoms with E-state index in [2.05, 4.69) is 0 Å². The van der Waals surface area contributed by atoms with Crippen molar-refractivity contribution in [3.63, 3.8) is 0 Å². The molecule has 4 nitrogen and oxygen atoms in total. The van der Waals surface area contributed by atoms with Gasteiger partial charge in [0.05, 0.1) is 13.2 Å². The number of hydrogen-bond acceptors (Lipinski definition) is 4. The first-order valence-electron chi connectivity index (χ1n) is 5.75. The van der Waals surface area contributed by atoms with Crippen molar-refractivity contribution < 1.29 is 19.0 Å². The second-order valence-electron chi connectivity index (χ2n) is 3.48. The molecule has 1 unspecified atom stereocenters. The van der Waals surface area contributed by atoms with Gasteiger partial charge in [0.15, 0.2) is 6.10 Å². The van der Waals surface area contributed by atoms with Crippen LogP contribution in [0.15, 0.2) is 18.2 Å². The predicted molar refractivity (Wildman–Crippen MR) is 69.0 cm³/mol. The van der Waals surface area contributed by atoms with Crippen molar-refractivity contribution in [1.82, 2.24) is 0 Å². The van der Waals surface area contributed by atoms with Gasteiger partial charge < -0.3 is 14.2 Å². The molecule has 0 radical (unpaired) electrons. The summed E-state index contributed by atoms with van der Waals surface area (Å²) in [4.78, 5) is 11.8. The second-order valence-corrected chi connectivity index (χ2v) is 3.92. The van der Waals surface area contributed by atoms with E-state index in [4.69, 9.17) is 25.8 Å². The summed E-state index contributed by atoms with van der Waals surface area (Å²) in [6, 6.07) is 5.07. The molecule has 1 atom stereocenters. The van der Waals surface area contributed by atoms with Gasteiger partial charge in [-0.1, -0.05) is 11.6 Å². The van der Waals surface area contributed by atoms with Crippen LogP contribution in [0.25, 0.3) is 0 Å². The molecule has 0 aliphatic rings. The van der Waals surface area contributed by atoms with E-state index in [1.165, 1.54) is 7.11 Å². The average Bonchev–Trinajstić information content (AvgIpc) is 2.34. The van der Waals surface area contributed by atoms with Crippen molar-refractivity contribution in [1.29, 1.82) is 0 Å². The normalized spacial score (nSPS) is 12.0. The molecular formula is C13H17ClO4. The highest BCUT2D eigenvalue weighted by Crippen LogP contribution is 2.31. The molecule has 0 aliphatic heterocycles. The highest BCUT2D eigenvalue weighted by Gasteiger charge is 2.25. The maximum atomic E-state index is 11.8. The maximum absolute atomic E-state index is 11.8. The third kappa shape index (κ3) is 3.62. The van der Waals surface area contributed by atoms with Crippen molar-refractivity contribution in [2.75, 3.05) is 20.3 Å². The van der Waals surface area contributed by atoms with Gasteiger partial charge in [-0.3, -0.25) is 0 Å². The van der Waals surface area contributed by atoms with Gasteiger partial charge in [0.2, 0.25) is 0 Å². The lowest BCUT2D eigenvalue weighted by Crippen LogP contribution is -2.18. The Kier molecular flexibility index (Phi) is 5.95. The topological polar surface area (TPSA) is 44.8 Å². The zero-order chi connectivity index (χ0) is 13.5. The smallest absolute Gasteiger partial charge is 0.340 e. The van der Waals surface area contributed by atoms with Crippen LogP contribution >= 0.6 is 11.6 Å². The molecule has 100 valence electrons. The highest BCUT2D eigenvalue weighted by molar-refractivity contribution is 6.30. The molecule has 0 aromatic heterocycles. The summed E-state index contributed by atoms with van der Waals surface area (Å²) in [6.45, 7) is 4.40. The summed E-state index contributed by atoms with van der Waals surface area (Å²) >= 11 is 5.94. The second kappa shape index (κ2) is 7.24. The van der Waals surface area contributed by atoms with Gasteiger partial charge >= 0.3 is 5.97 Å². The van der Waals surface area contributed by atoms with E-state index in [-0.39, 0.29) is 0 Å². The lowest BCUT2D eigenvalue weighted by Gasteiger charge is -2.18. The summed E-state index contributed by atoms with van der Waals surface area (Å²) in [5, 5.41) is 0.514. The number of esters is 1. The number of benzene rings is 1. The first-order valence-corrected chi connectivity index (χ1v) is 6.13. The highest BCUT2D eigenvalue weighted by atomic mass is 35.5. The van der Waals surface area contributed by atoms with Crippen molar-refractivity contribution in [2.45, 2.75) is 20.0 Å². The number of halogens is 1. The van der Waals surface area contributed by atoms with Gasteiger partial charge in [-0.15, -0.1) is 0 Å². The molecule has 1 rings (SSSR count). The van der Waals surface area contributed by atoms with Crippen LogP contribution in [0.3, 0.4) is 0 Å². The van der Waals surface area contributed by atoms with Gasteiger partial charge in [-0.05, 0) is 32.0 Å². The Morgan fingerprint density at radius 1 is 1.33 bits per heavy atom. The molecular weight excluding hydrogens is 256 g/mol. The zero-order valence-corrected chi connectivity index (χ0v) is 11.5. The molecule has 0 amide bonds. The fraction of sp³-hybridized carbons (Fsp3) is 0.462. The summed E-state index contributed by atoms with van der Waals surface area (Å²) in [5.41, 5.74) is 0.574. The average molecular weight is 273 g/mol. The Hall–Kier alpha value is -1.26. The van der Waals surface area contributed by atoms with Crippen molar-refractivity contribution in [3.05, 3.63) is 28.8 Å². The largest absolute Gasteiger partial charge is 0.493 e. The first-order chi connectivity index (χ1) is 8.63. The molecule has 0 bridgehead atoms. The van der Waals surface area contributed by atoms with Crippen LogP contribution < -0.4 is 4.74 Å². The predicted octanol–water partition coefficient (Wildman–Crippen LogP) is 2.99. The Morgan fingerprint density at radius 2 is 2.06 bits per heavy atom. The van der Waals surface area contributed by atoms with Crippen LogP contribution in [-0.2, 0) is 14.3 Å². The Bertz CT molecular complexity index is 406. The third-order valence-electron chi connectivity index (χ3n) is 2.29. The van der Waals surface area contributed by atoms with Crippen molar-refractivity contribution in [2.24, 2.45) is 0 Å². The van der Waals surface area contributed by atoms with Crippen molar-refractivity contribution in [3.8, 4) is 5.75 Å². The SMILES string of the molecule is CCOC(=O)C(OC)c1cc(Cl)ccc1OCC. The van der Waals surface area contributed by atoms with Gasteiger partial charge in [0.25, 0.3) is 0 Å². The number of methoxy groups -OCH3 is 1. The number of carbonyl (C=O) groups is 1. The van der Waals surface area contributed by atoms with Crippen LogP contribution in [0.1, 0.15) is 25.5 Å². The minimum absolute atomic E-state index is 0.295. The Morgan fingerprint density at radius 3 is 2.61 bits per heavy atom. The fourth-order valence-corrected chi connectivity index (χ4v) is 1.76. The van der Waals surface area contributed by atoms with Crippen LogP contribution in [0.2, 0.25) is 5.02 Å². The lowest BCUT2D eigenvalue weighted by molar-refractivity contribution is -0.155. The molecule has 0 saturated heterocycles. The van der Waals surface area contributed by atoms with Gasteiger partial charge in [0, 0.05) is 17.7 Å². The van der Waals surface area contributed by atoms with Crippen LogP contribution in [-0.4, -0.2) is 26.3 Å². The van der Waals surface area contributed by atoms with Gasteiger partial charge in [-0.2, -0.15) is 0 Å². The monoisotopic (exact) mass is 272 g/mol. The quantitative estimate of drug-likeness (QED) is 0.747. The molecule has 0 spiro atoms. The van der Waals surface area contributed by atoms with Crippen molar-refractivity contribution >= 4 is 17.6 Å². The van der Waals surface area contributed by atoms with E-state index >= 15 is 0 Å². The minimum Gasteiger partial charge on any atom is -0.493 e. The number of rotatable bonds is 6. The van der Waals surface area contributed by atoms with E-state index in [0.29, 0.717) is 29.5 Å². The van der Waals surface area contributed by atoms with Gasteiger partial charge in [0.1, 0.15) is 5.75 Å². The summed E-state index contributed by atoms with van der Waals surface area (Å²) in [7, 11) is 1.44. The molecule has 1 aromatic rings. The molecule has 0 fully saturated rings. The molecule has 0 N–H and O–H groups in total. The minimum atomic E-state index is -0.829. The molecule has 0 saturated carbocycles. The summed E-state index contributed by atoms with van der Waals surface area (Å²) in [5.74, 6) is 0.116.